The van der Waals surface area contributed by atoms with E-state index in [2.05, 4.69) is 13.8 Å². The number of hydrogen-bond donors (Lipinski definition) is 0. The summed E-state index contributed by atoms with van der Waals surface area (Å²) in [5.41, 5.74) is 0. The monoisotopic (exact) mass is 417 g/mol. The molecule has 0 aliphatic heterocycles. The van der Waals surface area contributed by atoms with Crippen LogP contribution in [0.5, 0.6) is 0 Å². The summed E-state index contributed by atoms with van der Waals surface area (Å²) in [4.78, 5) is 0. The van der Waals surface area contributed by atoms with Gasteiger partial charge >= 0.3 is 0 Å². The molecule has 0 atom stereocenters. The number of hydrogen-bond acceptors (Lipinski definition) is 0. The van der Waals surface area contributed by atoms with E-state index in [1.165, 1.54) is 0 Å². The molecule has 0 bridgehead atoms. The third kappa shape index (κ3) is 89.9. The maximum atomic E-state index is 3.25. The molecule has 0 saturated carbocycles. The van der Waals surface area contributed by atoms with E-state index >= 15 is 0 Å². The van der Waals surface area contributed by atoms with Gasteiger partial charge in [0.05, 0.1) is 0 Å². The second-order valence-electron chi connectivity index (χ2n) is 0. The summed E-state index contributed by atoms with van der Waals surface area (Å²) in [6.45, 7) is 10.0. The fourth-order valence-electron chi connectivity index (χ4n) is 0. The van der Waals surface area contributed by atoms with Gasteiger partial charge in [-0.1, -0.05) is 14.9 Å². The molecule has 0 fully saturated rings. The Morgan fingerprint density at radius 2 is 0.750 bits per heavy atom. The van der Waals surface area contributed by atoms with Crippen molar-refractivity contribution in [2.75, 3.05) is 0 Å². The second kappa shape index (κ2) is 131. The summed E-state index contributed by atoms with van der Waals surface area (Å²) in [5.74, 6) is 0. The topological polar surface area (TPSA) is 0 Å². The first-order valence-electron chi connectivity index (χ1n) is 1.41. The van der Waals surface area contributed by atoms with Crippen LogP contribution in [0.4, 0.5) is 0 Å². The van der Waals surface area contributed by atoms with E-state index in [1.54, 1.807) is 13.8 Å². The Balaban J connectivity index is -0.00000000167. The maximum absolute atomic E-state index is 3.25. The molecule has 0 saturated heterocycles. The Labute approximate surface area is 105 Å². The summed E-state index contributed by atoms with van der Waals surface area (Å²) < 4.78 is 0. The van der Waals surface area contributed by atoms with Gasteiger partial charge in [-0.05, 0) is 0 Å². The molecule has 0 aromatic carbocycles. The Morgan fingerprint density at radius 3 is 0.750 bits per heavy atom. The molecule has 0 amide bonds. The molecule has 0 aliphatic rings. The SMILES string of the molecule is C.C.[CH2-]C.[CH2-]C.[U].[Y]. The minimum Gasteiger partial charge on any atom is -0.346 e. The molecule has 0 spiro atoms. The first-order chi connectivity index (χ1) is 2.00. The standard InChI is InChI=1S/2C2H5.2CH4.U.Y/c2*1-2;;;;/h2*1H2,2H3;2*1H4;;/q2*-1;;;;. The van der Waals surface area contributed by atoms with Crippen molar-refractivity contribution in [2.24, 2.45) is 0 Å². The van der Waals surface area contributed by atoms with E-state index in [0.717, 1.165) is 0 Å². The first kappa shape index (κ1) is 49.3. The van der Waals surface area contributed by atoms with Crippen molar-refractivity contribution in [1.29, 1.82) is 0 Å². The van der Waals surface area contributed by atoms with Crippen LogP contribution < -0.4 is 0 Å². The zero-order chi connectivity index (χ0) is 4.00. The zero-order valence-corrected chi connectivity index (χ0v) is 11.5. The predicted molar refractivity (Wildman–Crippen MR) is 35.5 cm³/mol. The molecule has 0 N–H and O–H groups in total. The molecule has 0 heterocycles. The van der Waals surface area contributed by atoms with Crippen LogP contribution in [0.2, 0.25) is 0 Å². The van der Waals surface area contributed by atoms with Crippen molar-refractivity contribution in [2.45, 2.75) is 28.7 Å². The Kier molecular flexibility index (Phi) is 807. The largest absolute Gasteiger partial charge is 0.346 e. The quantitative estimate of drug-likeness (QED) is 0.532. The van der Waals surface area contributed by atoms with Gasteiger partial charge in [0.15, 0.2) is 0 Å². The van der Waals surface area contributed by atoms with Crippen LogP contribution in [0.25, 0.3) is 0 Å². The van der Waals surface area contributed by atoms with E-state index in [-0.39, 0.29) is 78.7 Å². The molecule has 0 unspecified atom stereocenters. The van der Waals surface area contributed by atoms with E-state index in [9.17, 15) is 0 Å². The molecule has 51 valence electrons. The van der Waals surface area contributed by atoms with Gasteiger partial charge in [0, 0.05) is 63.8 Å². The van der Waals surface area contributed by atoms with Crippen LogP contribution in [0.15, 0.2) is 0 Å². The van der Waals surface area contributed by atoms with Gasteiger partial charge in [-0.2, -0.15) is 13.8 Å². The average Bonchev–Trinajstić information content (AvgIpc) is 1.50. The van der Waals surface area contributed by atoms with Crippen LogP contribution in [0.1, 0.15) is 28.7 Å². The van der Waals surface area contributed by atoms with Crippen molar-refractivity contribution in [3.63, 3.8) is 0 Å². The first-order valence-corrected chi connectivity index (χ1v) is 1.41. The molecular weight excluding hydrogens is 399 g/mol. The fraction of sp³-hybridized carbons (Fsp3) is 0.667. The summed E-state index contributed by atoms with van der Waals surface area (Å²) in [7, 11) is 0. The van der Waals surface area contributed by atoms with Crippen molar-refractivity contribution < 1.29 is 63.8 Å². The van der Waals surface area contributed by atoms with Crippen molar-refractivity contribution in [3.05, 3.63) is 13.8 Å². The van der Waals surface area contributed by atoms with Crippen LogP contribution in [-0.2, 0) is 32.7 Å². The third-order valence-electron chi connectivity index (χ3n) is 0. The van der Waals surface area contributed by atoms with E-state index in [1.807, 2.05) is 0 Å². The van der Waals surface area contributed by atoms with Gasteiger partial charge in [-0.25, -0.2) is 0 Å². The summed E-state index contributed by atoms with van der Waals surface area (Å²) >= 11 is 0. The van der Waals surface area contributed by atoms with Gasteiger partial charge in [0.25, 0.3) is 0 Å². The Bertz CT molecular complexity index is 8.49. The van der Waals surface area contributed by atoms with Crippen LogP contribution in [0.3, 0.4) is 0 Å². The molecule has 0 rings (SSSR count). The van der Waals surface area contributed by atoms with Gasteiger partial charge in [-0.15, -0.1) is 0 Å². The predicted octanol–water partition coefficient (Wildman–Crippen LogP) is 2.95. The Hall–Kier alpha value is 2.16. The maximum Gasteiger partial charge on any atom is 0 e. The second-order valence-corrected chi connectivity index (χ2v) is 0. The van der Waals surface area contributed by atoms with Crippen LogP contribution >= 0.6 is 0 Å². The van der Waals surface area contributed by atoms with Crippen LogP contribution in [0, 0.1) is 45.0 Å². The van der Waals surface area contributed by atoms with Gasteiger partial charge in [0.1, 0.15) is 0 Å². The average molecular weight is 417 g/mol. The fourth-order valence-corrected chi connectivity index (χ4v) is 0. The molecule has 8 heavy (non-hydrogen) atoms. The minimum atomic E-state index is 0. The zero-order valence-electron chi connectivity index (χ0n) is 4.49. The van der Waals surface area contributed by atoms with E-state index < -0.39 is 0 Å². The summed E-state index contributed by atoms with van der Waals surface area (Å²) in [6.07, 6.45) is 0. The smallest absolute Gasteiger partial charge is 0 e. The molecular formula is C6H18UY-2. The minimum absolute atomic E-state index is 0. The number of rotatable bonds is 0. The van der Waals surface area contributed by atoms with Gasteiger partial charge in [-0.3, -0.25) is 0 Å². The van der Waals surface area contributed by atoms with Crippen molar-refractivity contribution in [3.8, 4) is 0 Å². The molecule has 2 heteroatoms. The summed E-state index contributed by atoms with van der Waals surface area (Å²) in [5, 5.41) is 0. The molecule has 0 aliphatic carbocycles. The van der Waals surface area contributed by atoms with E-state index in [0.29, 0.717) is 0 Å². The van der Waals surface area contributed by atoms with Crippen molar-refractivity contribution >= 4 is 0 Å². The summed E-state index contributed by atoms with van der Waals surface area (Å²) in [6, 6.07) is 0. The van der Waals surface area contributed by atoms with Gasteiger partial charge < -0.3 is 13.8 Å². The van der Waals surface area contributed by atoms with Crippen LogP contribution in [-0.4, -0.2) is 0 Å². The normalized spacial score (nSPS) is 1.50. The molecule has 1 radical (unpaired) electrons. The van der Waals surface area contributed by atoms with Gasteiger partial charge in [0.2, 0.25) is 0 Å². The van der Waals surface area contributed by atoms with Crippen molar-refractivity contribution in [1.82, 2.24) is 0 Å². The molecule has 0 aromatic heterocycles. The molecule has 0 nitrogen and oxygen atoms in total. The Morgan fingerprint density at radius 1 is 0.750 bits per heavy atom. The third-order valence-corrected chi connectivity index (χ3v) is 0. The molecule has 0 aromatic rings. The van der Waals surface area contributed by atoms with E-state index in [4.69, 9.17) is 0 Å².